The fourth-order valence-electron chi connectivity index (χ4n) is 2.60. The van der Waals surface area contributed by atoms with Gasteiger partial charge in [0.1, 0.15) is 0 Å². The van der Waals surface area contributed by atoms with Crippen LogP contribution in [0.4, 0.5) is 11.4 Å². The minimum absolute atomic E-state index is 0.698. The molecule has 2 N–H and O–H groups in total. The van der Waals surface area contributed by atoms with Crippen molar-refractivity contribution in [1.82, 2.24) is 4.90 Å². The first-order valence-corrected chi connectivity index (χ1v) is 6.89. The molecule has 1 heterocycles. The molecule has 0 saturated carbocycles. The summed E-state index contributed by atoms with van der Waals surface area (Å²) in [5, 5.41) is 0.698. The van der Waals surface area contributed by atoms with Gasteiger partial charge in [0.15, 0.2) is 0 Å². The van der Waals surface area contributed by atoms with E-state index in [-0.39, 0.29) is 0 Å². The van der Waals surface area contributed by atoms with Crippen molar-refractivity contribution >= 4 is 23.0 Å². The number of nitrogens with zero attached hydrogens (tertiary/aromatic N) is 2. The molecule has 4 heteroatoms. The lowest BCUT2D eigenvalue weighted by molar-refractivity contribution is 0.222. The van der Waals surface area contributed by atoms with Gasteiger partial charge in [0, 0.05) is 18.6 Å². The zero-order chi connectivity index (χ0) is 13.1. The van der Waals surface area contributed by atoms with E-state index in [1.54, 1.807) is 0 Å². The van der Waals surface area contributed by atoms with Gasteiger partial charge < -0.3 is 15.5 Å². The second kappa shape index (κ2) is 5.81. The molecular formula is C14H22ClN3. The van der Waals surface area contributed by atoms with Crippen LogP contribution in [0.3, 0.4) is 0 Å². The number of anilines is 2. The number of halogens is 1. The summed E-state index contributed by atoms with van der Waals surface area (Å²) < 4.78 is 0. The number of benzene rings is 1. The number of nitrogens with two attached hydrogens (primary N) is 1. The Bertz CT molecular complexity index is 400. The van der Waals surface area contributed by atoms with Crippen molar-refractivity contribution < 1.29 is 0 Å². The largest absolute Gasteiger partial charge is 0.397 e. The summed E-state index contributed by atoms with van der Waals surface area (Å²) in [6.45, 7) is 3.48. The zero-order valence-corrected chi connectivity index (χ0v) is 12.0. The van der Waals surface area contributed by atoms with Crippen LogP contribution in [0.15, 0.2) is 18.2 Å². The van der Waals surface area contributed by atoms with Gasteiger partial charge in [-0.05, 0) is 57.1 Å². The molecule has 0 atom stereocenters. The second-order valence-corrected chi connectivity index (χ2v) is 5.77. The molecule has 0 radical (unpaired) electrons. The van der Waals surface area contributed by atoms with E-state index >= 15 is 0 Å². The minimum Gasteiger partial charge on any atom is -0.397 e. The summed E-state index contributed by atoms with van der Waals surface area (Å²) >= 11 is 5.93. The van der Waals surface area contributed by atoms with Gasteiger partial charge in [-0.3, -0.25) is 0 Å². The quantitative estimate of drug-likeness (QED) is 0.855. The third-order valence-corrected chi connectivity index (χ3v) is 4.01. The molecule has 1 aromatic carbocycles. The smallest absolute Gasteiger partial charge is 0.0598 e. The van der Waals surface area contributed by atoms with Crippen molar-refractivity contribution in [2.75, 3.05) is 44.4 Å². The SMILES string of the molecule is CN1CCC(CN(C)c2ccc(Cl)cc2N)CC1. The minimum atomic E-state index is 0.698. The maximum atomic E-state index is 6.02. The predicted octanol–water partition coefficient (Wildman–Crippen LogP) is 2.70. The molecule has 1 aromatic rings. The van der Waals surface area contributed by atoms with E-state index in [0.717, 1.165) is 23.8 Å². The Morgan fingerprint density at radius 2 is 2.06 bits per heavy atom. The molecule has 0 amide bonds. The Morgan fingerprint density at radius 3 is 2.67 bits per heavy atom. The highest BCUT2D eigenvalue weighted by Gasteiger charge is 2.18. The molecule has 1 fully saturated rings. The molecule has 1 saturated heterocycles. The molecule has 0 bridgehead atoms. The molecule has 18 heavy (non-hydrogen) atoms. The maximum absolute atomic E-state index is 6.02. The van der Waals surface area contributed by atoms with Crippen LogP contribution in [-0.2, 0) is 0 Å². The van der Waals surface area contributed by atoms with Crippen LogP contribution in [0.5, 0.6) is 0 Å². The lowest BCUT2D eigenvalue weighted by atomic mass is 9.96. The molecule has 0 spiro atoms. The number of likely N-dealkylation sites (tertiary alicyclic amines) is 1. The molecule has 0 aromatic heterocycles. The number of hydrogen-bond donors (Lipinski definition) is 1. The van der Waals surface area contributed by atoms with E-state index in [0.29, 0.717) is 5.02 Å². The molecule has 0 unspecified atom stereocenters. The summed E-state index contributed by atoms with van der Waals surface area (Å²) in [6, 6.07) is 5.73. The Hall–Kier alpha value is -0.930. The number of hydrogen-bond acceptors (Lipinski definition) is 3. The lowest BCUT2D eigenvalue weighted by Crippen LogP contribution is -2.35. The van der Waals surface area contributed by atoms with E-state index in [4.69, 9.17) is 17.3 Å². The van der Waals surface area contributed by atoms with Crippen molar-refractivity contribution in [2.45, 2.75) is 12.8 Å². The summed E-state index contributed by atoms with van der Waals surface area (Å²) in [5.74, 6) is 0.765. The molecule has 1 aliphatic rings. The molecule has 0 aliphatic carbocycles. The summed E-state index contributed by atoms with van der Waals surface area (Å²) in [5.41, 5.74) is 7.86. The fourth-order valence-corrected chi connectivity index (χ4v) is 2.78. The van der Waals surface area contributed by atoms with E-state index in [1.807, 2.05) is 18.2 Å². The van der Waals surface area contributed by atoms with E-state index in [1.165, 1.54) is 25.9 Å². The first-order valence-electron chi connectivity index (χ1n) is 6.51. The summed E-state index contributed by atoms with van der Waals surface area (Å²) in [7, 11) is 4.30. The molecule has 1 aliphatic heterocycles. The van der Waals surface area contributed by atoms with Crippen LogP contribution in [0.25, 0.3) is 0 Å². The molecule has 2 rings (SSSR count). The van der Waals surface area contributed by atoms with Crippen molar-refractivity contribution in [3.8, 4) is 0 Å². The van der Waals surface area contributed by atoms with Crippen LogP contribution >= 0.6 is 11.6 Å². The predicted molar refractivity (Wildman–Crippen MR) is 79.4 cm³/mol. The maximum Gasteiger partial charge on any atom is 0.0598 e. The monoisotopic (exact) mass is 267 g/mol. The van der Waals surface area contributed by atoms with Crippen LogP contribution in [-0.4, -0.2) is 38.6 Å². The van der Waals surface area contributed by atoms with Crippen LogP contribution < -0.4 is 10.6 Å². The Morgan fingerprint density at radius 1 is 1.39 bits per heavy atom. The van der Waals surface area contributed by atoms with Gasteiger partial charge in [-0.1, -0.05) is 11.6 Å². The summed E-state index contributed by atoms with van der Waals surface area (Å²) in [4.78, 5) is 4.65. The highest BCUT2D eigenvalue weighted by Crippen LogP contribution is 2.27. The summed E-state index contributed by atoms with van der Waals surface area (Å²) in [6.07, 6.45) is 2.54. The van der Waals surface area contributed by atoms with Crippen molar-refractivity contribution in [3.05, 3.63) is 23.2 Å². The van der Waals surface area contributed by atoms with Crippen molar-refractivity contribution in [2.24, 2.45) is 5.92 Å². The van der Waals surface area contributed by atoms with Gasteiger partial charge in [-0.25, -0.2) is 0 Å². The third kappa shape index (κ3) is 3.30. The first kappa shape index (κ1) is 13.5. The van der Waals surface area contributed by atoms with Crippen LogP contribution in [0.1, 0.15) is 12.8 Å². The van der Waals surface area contributed by atoms with Gasteiger partial charge in [0.05, 0.1) is 11.4 Å². The van der Waals surface area contributed by atoms with Crippen molar-refractivity contribution in [3.63, 3.8) is 0 Å². The Balaban J connectivity index is 1.97. The van der Waals surface area contributed by atoms with Crippen molar-refractivity contribution in [1.29, 1.82) is 0 Å². The molecular weight excluding hydrogens is 246 g/mol. The second-order valence-electron chi connectivity index (χ2n) is 5.33. The Labute approximate surface area is 115 Å². The average molecular weight is 268 g/mol. The van der Waals surface area contributed by atoms with Crippen LogP contribution in [0, 0.1) is 5.92 Å². The fraction of sp³-hybridized carbons (Fsp3) is 0.571. The van der Waals surface area contributed by atoms with Gasteiger partial charge in [-0.2, -0.15) is 0 Å². The van der Waals surface area contributed by atoms with Gasteiger partial charge in [-0.15, -0.1) is 0 Å². The normalized spacial score (nSPS) is 17.9. The van der Waals surface area contributed by atoms with Gasteiger partial charge >= 0.3 is 0 Å². The standard InChI is InChI=1S/C14H22ClN3/c1-17-7-5-11(6-8-17)10-18(2)14-4-3-12(15)9-13(14)16/h3-4,9,11H,5-8,10,16H2,1-2H3. The highest BCUT2D eigenvalue weighted by atomic mass is 35.5. The first-order chi connectivity index (χ1) is 8.56. The zero-order valence-electron chi connectivity index (χ0n) is 11.2. The molecule has 100 valence electrons. The van der Waals surface area contributed by atoms with Gasteiger partial charge in [0.2, 0.25) is 0 Å². The van der Waals surface area contributed by atoms with E-state index < -0.39 is 0 Å². The van der Waals surface area contributed by atoms with Crippen LogP contribution in [0.2, 0.25) is 5.02 Å². The molecule has 3 nitrogen and oxygen atoms in total. The third-order valence-electron chi connectivity index (χ3n) is 3.77. The van der Waals surface area contributed by atoms with E-state index in [2.05, 4.69) is 23.9 Å². The number of nitrogen functional groups attached to an aromatic ring is 1. The van der Waals surface area contributed by atoms with Gasteiger partial charge in [0.25, 0.3) is 0 Å². The Kier molecular flexibility index (Phi) is 4.36. The number of piperidine rings is 1. The number of rotatable bonds is 3. The average Bonchev–Trinajstić information content (AvgIpc) is 2.32. The highest BCUT2D eigenvalue weighted by molar-refractivity contribution is 6.31. The van der Waals surface area contributed by atoms with E-state index in [9.17, 15) is 0 Å². The lowest BCUT2D eigenvalue weighted by Gasteiger charge is -2.32. The topological polar surface area (TPSA) is 32.5 Å².